The van der Waals surface area contributed by atoms with Crippen LogP contribution in [0.2, 0.25) is 0 Å². The van der Waals surface area contributed by atoms with Gasteiger partial charge in [0.05, 0.1) is 25.4 Å². The Kier molecular flexibility index (Phi) is 8.42. The minimum atomic E-state index is -2.37. The topological polar surface area (TPSA) is 72.3 Å². The first-order valence-corrected chi connectivity index (χ1v) is 13.5. The zero-order chi connectivity index (χ0) is 30.6. The molecule has 1 aromatic carbocycles. The molecule has 3 aromatic rings. The summed E-state index contributed by atoms with van der Waals surface area (Å²) in [5, 5.41) is -4.03. The van der Waals surface area contributed by atoms with Crippen LogP contribution in [0.4, 0.5) is 25.0 Å². The van der Waals surface area contributed by atoms with Gasteiger partial charge in [0.2, 0.25) is 0 Å². The molecule has 42 heavy (non-hydrogen) atoms. The predicted molar refractivity (Wildman–Crippen MR) is 163 cm³/mol. The number of aromatic nitrogens is 2. The predicted octanol–water partition coefficient (Wildman–Crippen LogP) is 0.743. The molecular formula is C24H22B6F2N5O4P. The fraction of sp³-hybridized carbons (Fsp3) is 0.417. The molecule has 18 heteroatoms. The molecule has 2 aliphatic rings. The van der Waals surface area contributed by atoms with Crippen molar-refractivity contribution in [2.75, 3.05) is 42.6 Å². The number of fused-ring (bicyclic) bond motifs is 3. The minimum Gasteiger partial charge on any atom is -0.513 e. The summed E-state index contributed by atoms with van der Waals surface area (Å²) in [6, 6.07) is 1.96. The molecule has 1 unspecified atom stereocenters. The van der Waals surface area contributed by atoms with Crippen molar-refractivity contribution in [1.82, 2.24) is 14.2 Å². The van der Waals surface area contributed by atoms with Crippen LogP contribution in [0.3, 0.4) is 0 Å². The van der Waals surface area contributed by atoms with E-state index >= 15 is 8.78 Å². The maximum atomic E-state index is 15.8. The maximum absolute atomic E-state index is 15.8. The lowest BCUT2D eigenvalue weighted by atomic mass is 9.52. The Balaban J connectivity index is 1.61. The second kappa shape index (κ2) is 11.5. The molecule has 2 aliphatic heterocycles. The van der Waals surface area contributed by atoms with Crippen molar-refractivity contribution in [3.05, 3.63) is 41.2 Å². The highest BCUT2D eigenvalue weighted by Crippen LogP contribution is 2.43. The van der Waals surface area contributed by atoms with Gasteiger partial charge in [0.15, 0.2) is 23.1 Å². The zero-order valence-electron chi connectivity index (χ0n) is 22.8. The van der Waals surface area contributed by atoms with Crippen LogP contribution < -0.4 is 19.3 Å². The van der Waals surface area contributed by atoms with Gasteiger partial charge in [0.25, 0.3) is 0 Å². The first-order valence-electron chi connectivity index (χ1n) is 13.0. The number of pyridine rings is 1. The SMILES string of the molecule is [B]C([B])([B])Oc1cc(OC([B])([B])[B])c(F)c(N2Cc3cnc4c(cc(CN5CCOCC5)n4P)c3N(CC)C2=O)c1F. The number of hydrogen-bond acceptors (Lipinski definition) is 6. The number of nitrogens with zero attached hydrogens (tertiary/aromatic N) is 5. The van der Waals surface area contributed by atoms with E-state index in [0.717, 1.165) is 29.7 Å². The second-order valence-corrected chi connectivity index (χ2v) is 10.7. The fourth-order valence-electron chi connectivity index (χ4n) is 5.08. The van der Waals surface area contributed by atoms with Gasteiger partial charge < -0.3 is 18.5 Å². The van der Waals surface area contributed by atoms with Gasteiger partial charge in [-0.3, -0.25) is 14.7 Å². The molecule has 9 nitrogen and oxygen atoms in total. The van der Waals surface area contributed by atoms with Crippen LogP contribution in [-0.4, -0.2) is 111 Å². The Labute approximate surface area is 252 Å². The number of morpholine rings is 1. The molecule has 0 aliphatic carbocycles. The Morgan fingerprint density at radius 2 is 1.60 bits per heavy atom. The molecular weight excluding hydrogens is 556 g/mol. The summed E-state index contributed by atoms with van der Waals surface area (Å²) in [5.74, 6) is -4.12. The van der Waals surface area contributed by atoms with E-state index in [1.54, 1.807) is 13.1 Å². The van der Waals surface area contributed by atoms with Gasteiger partial charge in [-0.05, 0) is 33.0 Å². The molecule has 2 amide bonds. The Morgan fingerprint density at radius 3 is 2.14 bits per heavy atom. The van der Waals surface area contributed by atoms with Crippen molar-refractivity contribution in [2.24, 2.45) is 0 Å². The van der Waals surface area contributed by atoms with Crippen LogP contribution >= 0.6 is 9.39 Å². The van der Waals surface area contributed by atoms with E-state index in [4.69, 9.17) is 61.3 Å². The fourth-order valence-corrected chi connectivity index (χ4v) is 5.44. The number of amides is 2. The Morgan fingerprint density at radius 1 is 1.00 bits per heavy atom. The molecule has 1 saturated heterocycles. The summed E-state index contributed by atoms with van der Waals surface area (Å²) in [7, 11) is 35.6. The number of hydrogen-bond donors (Lipinski definition) is 0. The monoisotopic (exact) mass is 579 g/mol. The Bertz CT molecular complexity index is 1490. The van der Waals surface area contributed by atoms with Crippen molar-refractivity contribution in [2.45, 2.75) is 30.6 Å². The van der Waals surface area contributed by atoms with Gasteiger partial charge >= 0.3 is 6.03 Å². The van der Waals surface area contributed by atoms with Crippen LogP contribution in [0, 0.1) is 11.6 Å². The summed E-state index contributed by atoms with van der Waals surface area (Å²) in [6.45, 7) is 5.16. The molecule has 0 N–H and O–H groups in total. The number of ether oxygens (including phenoxy) is 3. The second-order valence-electron chi connectivity index (χ2n) is 10.1. The van der Waals surface area contributed by atoms with E-state index in [1.807, 2.05) is 10.4 Å². The lowest BCUT2D eigenvalue weighted by molar-refractivity contribution is 0.0336. The van der Waals surface area contributed by atoms with Gasteiger partial charge in [-0.15, -0.1) is 0 Å². The average molecular weight is 578 g/mol. The molecule has 0 spiro atoms. The van der Waals surface area contributed by atoms with E-state index < -0.39 is 45.5 Å². The number of rotatable bonds is 8. The molecule has 4 heterocycles. The molecule has 0 bridgehead atoms. The van der Waals surface area contributed by atoms with Crippen LogP contribution in [0.5, 0.6) is 11.5 Å². The Hall–Kier alpha value is -2.62. The van der Waals surface area contributed by atoms with Crippen LogP contribution in [-0.2, 0) is 17.8 Å². The number of anilines is 2. The normalized spacial score (nSPS) is 16.6. The van der Waals surface area contributed by atoms with E-state index in [0.29, 0.717) is 42.0 Å². The summed E-state index contributed by atoms with van der Waals surface area (Å²) in [6.07, 6.45) is 1.56. The van der Waals surface area contributed by atoms with E-state index in [2.05, 4.69) is 19.3 Å². The van der Waals surface area contributed by atoms with E-state index in [-0.39, 0.29) is 13.1 Å². The quantitative estimate of drug-likeness (QED) is 0.291. The van der Waals surface area contributed by atoms with Gasteiger partial charge in [-0.2, -0.15) is 0 Å². The molecule has 0 saturated carbocycles. The number of halogens is 2. The lowest BCUT2D eigenvalue weighted by Crippen LogP contribution is -2.48. The lowest BCUT2D eigenvalue weighted by Gasteiger charge is -2.37. The van der Waals surface area contributed by atoms with Gasteiger partial charge in [0, 0.05) is 55.1 Å². The van der Waals surface area contributed by atoms with Gasteiger partial charge in [-0.25, -0.2) is 18.6 Å². The minimum absolute atomic E-state index is 0.167. The highest BCUT2D eigenvalue weighted by Gasteiger charge is 2.38. The van der Waals surface area contributed by atoms with Crippen LogP contribution in [0.1, 0.15) is 18.2 Å². The van der Waals surface area contributed by atoms with Crippen molar-refractivity contribution >= 4 is 84.9 Å². The summed E-state index contributed by atoms with van der Waals surface area (Å²) in [4.78, 5) is 23.0. The highest BCUT2D eigenvalue weighted by atomic mass is 31.0. The number of benzene rings is 1. The zero-order valence-corrected chi connectivity index (χ0v) is 24.0. The number of carbonyl (C=O) groups excluding carboxylic acids is 1. The van der Waals surface area contributed by atoms with Gasteiger partial charge in [0.1, 0.15) is 58.4 Å². The smallest absolute Gasteiger partial charge is 0.329 e. The van der Waals surface area contributed by atoms with Crippen molar-refractivity contribution in [1.29, 1.82) is 0 Å². The van der Waals surface area contributed by atoms with E-state index in [1.165, 1.54) is 4.90 Å². The highest BCUT2D eigenvalue weighted by molar-refractivity contribution is 7.15. The maximum Gasteiger partial charge on any atom is 0.329 e. The molecule has 12 radical (unpaired) electrons. The third-order valence-corrected chi connectivity index (χ3v) is 7.39. The molecule has 1 fully saturated rings. The van der Waals surface area contributed by atoms with Crippen LogP contribution in [0.25, 0.3) is 11.0 Å². The van der Waals surface area contributed by atoms with Crippen LogP contribution in [0.15, 0.2) is 18.3 Å². The standard InChI is InChI=1S/C24H22B6F2N5O4P/c1-2-35-19-12(9-33-21-14(19)7-13(37(21)42)11-34-3-5-39-6-4-34)10-36(22(35)38)20-17(31)15(40-23(25,26)27)8-16(18(20)32)41-24(28,29)30/h7-9H,2-6,10-11,42H2,1H3. The van der Waals surface area contributed by atoms with Crippen molar-refractivity contribution in [3.8, 4) is 11.5 Å². The first kappa shape index (κ1) is 30.8. The van der Waals surface area contributed by atoms with Gasteiger partial charge in [-0.1, -0.05) is 0 Å². The first-order chi connectivity index (χ1) is 19.7. The third-order valence-electron chi connectivity index (χ3n) is 6.81. The molecule has 1 atom stereocenters. The summed E-state index contributed by atoms with van der Waals surface area (Å²) < 4.78 is 49.2. The average Bonchev–Trinajstić information content (AvgIpc) is 3.21. The molecule has 5 rings (SSSR count). The molecule has 204 valence electrons. The van der Waals surface area contributed by atoms with E-state index in [9.17, 15) is 4.79 Å². The summed E-state index contributed by atoms with van der Waals surface area (Å²) in [5.41, 5.74) is 1.84. The number of carbonyl (C=O) groups is 1. The van der Waals surface area contributed by atoms with Crippen molar-refractivity contribution in [3.63, 3.8) is 0 Å². The number of urea groups is 1. The summed E-state index contributed by atoms with van der Waals surface area (Å²) >= 11 is 0. The van der Waals surface area contributed by atoms with Crippen molar-refractivity contribution < 1.29 is 27.8 Å². The largest absolute Gasteiger partial charge is 0.513 e. The molecule has 2 aromatic heterocycles. The third kappa shape index (κ3) is 6.06.